The molecule has 1 saturated heterocycles. The van der Waals surface area contributed by atoms with Crippen molar-refractivity contribution in [2.45, 2.75) is 42.8 Å². The van der Waals surface area contributed by atoms with Crippen LogP contribution < -0.4 is 4.74 Å². The zero-order valence-corrected chi connectivity index (χ0v) is 13.9. The van der Waals surface area contributed by atoms with Crippen LogP contribution in [-0.4, -0.2) is 63.7 Å². The molecule has 1 aliphatic heterocycles. The van der Waals surface area contributed by atoms with Crippen molar-refractivity contribution in [3.05, 3.63) is 30.3 Å². The Bertz CT molecular complexity index is 611. The Morgan fingerprint density at radius 2 is 1.79 bits per heavy atom. The van der Waals surface area contributed by atoms with Crippen LogP contribution in [0.1, 0.15) is 6.42 Å². The van der Waals surface area contributed by atoms with Crippen molar-refractivity contribution in [2.75, 3.05) is 7.11 Å². The fourth-order valence-electron chi connectivity index (χ4n) is 3.02. The summed E-state index contributed by atoms with van der Waals surface area (Å²) in [6.45, 7) is 0. The summed E-state index contributed by atoms with van der Waals surface area (Å²) >= 11 is 0. The van der Waals surface area contributed by atoms with Crippen LogP contribution in [0, 0.1) is 5.92 Å². The van der Waals surface area contributed by atoms with E-state index in [1.807, 2.05) is 0 Å². The van der Waals surface area contributed by atoms with Crippen LogP contribution in [0.5, 0.6) is 5.75 Å². The first-order valence-corrected chi connectivity index (χ1v) is 9.29. The molecule has 9 heteroatoms. The van der Waals surface area contributed by atoms with Gasteiger partial charge < -0.3 is 34.2 Å². The quantitative estimate of drug-likeness (QED) is 0.545. The molecule has 2 unspecified atom stereocenters. The first kappa shape index (κ1) is 17.8. The smallest absolute Gasteiger partial charge is 0.331 e. The lowest BCUT2D eigenvalue weighted by atomic mass is 9.96. The van der Waals surface area contributed by atoms with Gasteiger partial charge >= 0.3 is 7.60 Å². The van der Waals surface area contributed by atoms with E-state index in [-0.39, 0.29) is 0 Å². The van der Waals surface area contributed by atoms with Crippen LogP contribution in [0.15, 0.2) is 30.3 Å². The van der Waals surface area contributed by atoms with Crippen molar-refractivity contribution in [1.29, 1.82) is 0 Å². The summed E-state index contributed by atoms with van der Waals surface area (Å²) in [4.78, 5) is 9.72. The summed E-state index contributed by atoms with van der Waals surface area (Å²) < 4.78 is 27.6. The van der Waals surface area contributed by atoms with E-state index >= 15 is 0 Å². The van der Waals surface area contributed by atoms with Crippen molar-refractivity contribution < 1.29 is 38.8 Å². The molecule has 2 aliphatic rings. The van der Waals surface area contributed by atoms with Crippen LogP contribution in [0.25, 0.3) is 0 Å². The van der Waals surface area contributed by atoms with Gasteiger partial charge in [0.25, 0.3) is 0 Å². The first-order chi connectivity index (χ1) is 11.3. The highest BCUT2D eigenvalue weighted by atomic mass is 31.2. The Morgan fingerprint density at radius 1 is 1.12 bits per heavy atom. The van der Waals surface area contributed by atoms with Crippen molar-refractivity contribution in [3.8, 4) is 5.75 Å². The molecule has 8 atom stereocenters. The molecule has 1 saturated carbocycles. The Labute approximate surface area is 139 Å². The van der Waals surface area contributed by atoms with Gasteiger partial charge in [0.15, 0.2) is 0 Å². The van der Waals surface area contributed by atoms with Crippen molar-refractivity contribution >= 4 is 7.60 Å². The van der Waals surface area contributed by atoms with Gasteiger partial charge in [-0.15, -0.1) is 0 Å². The second kappa shape index (κ2) is 6.72. The van der Waals surface area contributed by atoms with Gasteiger partial charge in [0.05, 0.1) is 11.8 Å². The Hall–Kier alpha value is -0.990. The van der Waals surface area contributed by atoms with Crippen molar-refractivity contribution in [1.82, 2.24) is 0 Å². The number of benzene rings is 1. The predicted octanol–water partition coefficient (Wildman–Crippen LogP) is 0.0933. The Kier molecular flexibility index (Phi) is 4.99. The SMILES string of the molecule is COP(=O)(O)C1C[C@H]1[C@H]1O[C@H](Oc2ccccc2)[C@@H](O)[C@@H](O)[C@@H]1O. The number of ether oxygens (including phenoxy) is 2. The minimum Gasteiger partial charge on any atom is -0.462 e. The lowest BCUT2D eigenvalue weighted by molar-refractivity contribution is -0.276. The predicted molar refractivity (Wildman–Crippen MR) is 82.5 cm³/mol. The van der Waals surface area contributed by atoms with E-state index in [1.165, 1.54) is 0 Å². The normalized spacial score (nSPS) is 41.5. The van der Waals surface area contributed by atoms with E-state index in [2.05, 4.69) is 4.52 Å². The topological polar surface area (TPSA) is 126 Å². The fourth-order valence-corrected chi connectivity index (χ4v) is 4.46. The number of aliphatic hydroxyl groups excluding tert-OH is 3. The summed E-state index contributed by atoms with van der Waals surface area (Å²) in [7, 11) is -2.63. The third-order valence-corrected chi connectivity index (χ3v) is 6.46. The monoisotopic (exact) mass is 360 g/mol. The summed E-state index contributed by atoms with van der Waals surface area (Å²) in [6.07, 6.45) is -6.13. The minimum absolute atomic E-state index is 0.324. The molecular weight excluding hydrogens is 339 g/mol. The van der Waals surface area contributed by atoms with E-state index in [9.17, 15) is 24.8 Å². The molecule has 8 nitrogen and oxygen atoms in total. The molecule has 1 aliphatic carbocycles. The molecule has 0 spiro atoms. The Balaban J connectivity index is 1.73. The molecular formula is C15H21O8P. The maximum absolute atomic E-state index is 11.9. The Morgan fingerprint density at radius 3 is 2.42 bits per heavy atom. The molecule has 0 radical (unpaired) electrons. The highest BCUT2D eigenvalue weighted by molar-refractivity contribution is 7.54. The molecule has 1 heterocycles. The molecule has 24 heavy (non-hydrogen) atoms. The van der Waals surface area contributed by atoms with Gasteiger partial charge in [0.1, 0.15) is 24.1 Å². The maximum atomic E-state index is 11.9. The van der Waals surface area contributed by atoms with E-state index < -0.39 is 49.9 Å². The van der Waals surface area contributed by atoms with Crippen LogP contribution in [0.2, 0.25) is 0 Å². The average Bonchev–Trinajstić information content (AvgIpc) is 3.37. The molecule has 0 aromatic heterocycles. The number of aliphatic hydroxyl groups is 3. The molecule has 3 rings (SSSR count). The largest absolute Gasteiger partial charge is 0.462 e. The fraction of sp³-hybridized carbons (Fsp3) is 0.600. The van der Waals surface area contributed by atoms with Gasteiger partial charge in [-0.25, -0.2) is 0 Å². The summed E-state index contributed by atoms with van der Waals surface area (Å²) in [6, 6.07) is 8.60. The van der Waals surface area contributed by atoms with E-state index in [0.717, 1.165) is 7.11 Å². The number of hydrogen-bond donors (Lipinski definition) is 4. The van der Waals surface area contributed by atoms with Crippen LogP contribution in [0.4, 0.5) is 0 Å². The zero-order chi connectivity index (χ0) is 17.5. The lowest BCUT2D eigenvalue weighted by Crippen LogP contribution is -2.59. The average molecular weight is 360 g/mol. The van der Waals surface area contributed by atoms with Gasteiger partial charge in [-0.3, -0.25) is 4.57 Å². The van der Waals surface area contributed by atoms with Gasteiger partial charge in [0, 0.05) is 13.0 Å². The van der Waals surface area contributed by atoms with Crippen LogP contribution in [-0.2, 0) is 13.8 Å². The standard InChI is InChI=1S/C15H21O8P/c1-21-24(19,20)10-7-9(10)14-12(17)11(16)13(18)15(23-14)22-8-5-3-2-4-6-8/h2-6,9-18H,7H2,1H3,(H,19,20)/t9-,10?,11+,12+,13+,14-,15+/m1/s1. The number of rotatable bonds is 5. The van der Waals surface area contributed by atoms with E-state index in [4.69, 9.17) is 9.47 Å². The third-order valence-electron chi connectivity index (χ3n) is 4.51. The third kappa shape index (κ3) is 3.36. The summed E-state index contributed by atoms with van der Waals surface area (Å²) in [5.41, 5.74) is -0.665. The lowest BCUT2D eigenvalue weighted by Gasteiger charge is -2.40. The number of hydrogen-bond acceptors (Lipinski definition) is 7. The second-order valence-corrected chi connectivity index (χ2v) is 8.24. The van der Waals surface area contributed by atoms with Gasteiger partial charge in [0.2, 0.25) is 6.29 Å². The van der Waals surface area contributed by atoms with Crippen molar-refractivity contribution in [3.63, 3.8) is 0 Å². The van der Waals surface area contributed by atoms with Gasteiger partial charge in [-0.05, 0) is 18.6 Å². The maximum Gasteiger partial charge on any atom is 0.331 e. The van der Waals surface area contributed by atoms with Crippen LogP contribution in [0.3, 0.4) is 0 Å². The molecule has 0 amide bonds. The molecule has 2 fully saturated rings. The van der Waals surface area contributed by atoms with Gasteiger partial charge in [-0.1, -0.05) is 18.2 Å². The van der Waals surface area contributed by atoms with Crippen molar-refractivity contribution in [2.24, 2.45) is 5.92 Å². The van der Waals surface area contributed by atoms with E-state index in [1.54, 1.807) is 30.3 Å². The molecule has 134 valence electrons. The minimum atomic E-state index is -3.78. The zero-order valence-electron chi connectivity index (χ0n) is 13.0. The molecule has 1 aromatic carbocycles. The first-order valence-electron chi connectivity index (χ1n) is 7.64. The molecule has 4 N–H and O–H groups in total. The molecule has 0 bridgehead atoms. The van der Waals surface area contributed by atoms with Crippen LogP contribution >= 0.6 is 7.60 Å². The second-order valence-electron chi connectivity index (χ2n) is 6.09. The highest BCUT2D eigenvalue weighted by Gasteiger charge is 2.60. The molecule has 1 aromatic rings. The summed E-state index contributed by atoms with van der Waals surface area (Å²) in [5, 5.41) is 30.3. The summed E-state index contributed by atoms with van der Waals surface area (Å²) in [5.74, 6) is -0.0271. The highest BCUT2D eigenvalue weighted by Crippen LogP contribution is 2.63. The van der Waals surface area contributed by atoms with Gasteiger partial charge in [-0.2, -0.15) is 0 Å². The number of para-hydroxylation sites is 1. The van der Waals surface area contributed by atoms with E-state index in [0.29, 0.717) is 12.2 Å².